The normalized spacial score (nSPS) is 10.7. The summed E-state index contributed by atoms with van der Waals surface area (Å²) in [6.07, 6.45) is 0. The zero-order valence-corrected chi connectivity index (χ0v) is 11.8. The van der Waals surface area contributed by atoms with E-state index in [1.54, 1.807) is 23.6 Å². The molecule has 4 N–H and O–H groups in total. The summed E-state index contributed by atoms with van der Waals surface area (Å²) in [7, 11) is 0. The van der Waals surface area contributed by atoms with Gasteiger partial charge in [-0.25, -0.2) is 9.78 Å². The number of nitrogen functional groups attached to an aromatic ring is 2. The van der Waals surface area contributed by atoms with Gasteiger partial charge in [-0.05, 0) is 29.1 Å². The van der Waals surface area contributed by atoms with E-state index in [2.05, 4.69) is 9.97 Å². The molecule has 3 rings (SSSR count). The van der Waals surface area contributed by atoms with Gasteiger partial charge in [0.05, 0.1) is 11.1 Å². The molecule has 0 aliphatic rings. The molecule has 2 aromatic heterocycles. The lowest BCUT2D eigenvalue weighted by atomic mass is 10.1. The largest absolute Gasteiger partial charge is 0.457 e. The van der Waals surface area contributed by atoms with Crippen LogP contribution in [0, 0.1) is 0 Å². The maximum absolute atomic E-state index is 11.8. The summed E-state index contributed by atoms with van der Waals surface area (Å²) in [6.45, 7) is 0.161. The second kappa shape index (κ2) is 5.37. The van der Waals surface area contributed by atoms with Gasteiger partial charge in [-0.2, -0.15) is 16.3 Å². The number of anilines is 2. The van der Waals surface area contributed by atoms with Crippen LogP contribution in [0.3, 0.4) is 0 Å². The average molecular weight is 300 g/mol. The fraction of sp³-hybridized carbons (Fsp3) is 0.0714. The molecule has 2 heterocycles. The van der Waals surface area contributed by atoms with E-state index in [-0.39, 0.29) is 18.5 Å². The van der Waals surface area contributed by atoms with Crippen molar-refractivity contribution >= 4 is 40.0 Å². The van der Waals surface area contributed by atoms with Crippen LogP contribution < -0.4 is 11.5 Å². The quantitative estimate of drug-likeness (QED) is 0.719. The molecule has 6 nitrogen and oxygen atoms in total. The van der Waals surface area contributed by atoms with Gasteiger partial charge >= 0.3 is 5.97 Å². The molecule has 3 aromatic rings. The third-order valence-electron chi connectivity index (χ3n) is 2.93. The zero-order valence-electron chi connectivity index (χ0n) is 10.9. The summed E-state index contributed by atoms with van der Waals surface area (Å²) < 4.78 is 5.25. The molecule has 21 heavy (non-hydrogen) atoms. The number of fused-ring (bicyclic) bond motifs is 1. The number of nitrogens with two attached hydrogens (primary N) is 2. The molecular formula is C14H12N4O2S. The van der Waals surface area contributed by atoms with Crippen molar-refractivity contribution in [1.82, 2.24) is 9.97 Å². The molecule has 0 radical (unpaired) electrons. The van der Waals surface area contributed by atoms with E-state index < -0.39 is 0 Å². The molecule has 0 saturated carbocycles. The Hall–Kier alpha value is -2.67. The van der Waals surface area contributed by atoms with Crippen molar-refractivity contribution in [3.8, 4) is 0 Å². The SMILES string of the molecule is Nc1nc(N)c2cc(COC(=O)c3ccsc3)ccc2n1. The summed E-state index contributed by atoms with van der Waals surface area (Å²) in [4.78, 5) is 19.8. The highest BCUT2D eigenvalue weighted by molar-refractivity contribution is 7.08. The van der Waals surface area contributed by atoms with Gasteiger partial charge in [0.1, 0.15) is 12.4 Å². The Morgan fingerprint density at radius 3 is 2.86 bits per heavy atom. The molecule has 7 heteroatoms. The number of ether oxygens (including phenoxy) is 1. The zero-order chi connectivity index (χ0) is 14.8. The van der Waals surface area contributed by atoms with E-state index in [1.807, 2.05) is 11.4 Å². The fourth-order valence-electron chi connectivity index (χ4n) is 1.92. The number of esters is 1. The Morgan fingerprint density at radius 2 is 2.10 bits per heavy atom. The van der Waals surface area contributed by atoms with Crippen molar-refractivity contribution in [2.45, 2.75) is 6.61 Å². The van der Waals surface area contributed by atoms with Gasteiger partial charge in [0.25, 0.3) is 0 Å². The molecule has 0 unspecified atom stereocenters. The van der Waals surface area contributed by atoms with E-state index in [0.717, 1.165) is 5.56 Å². The van der Waals surface area contributed by atoms with Crippen LogP contribution in [-0.4, -0.2) is 15.9 Å². The summed E-state index contributed by atoms with van der Waals surface area (Å²) in [5, 5.41) is 4.26. The Bertz CT molecular complexity index is 802. The highest BCUT2D eigenvalue weighted by Crippen LogP contribution is 2.21. The predicted molar refractivity (Wildman–Crippen MR) is 81.8 cm³/mol. The van der Waals surface area contributed by atoms with Crippen molar-refractivity contribution in [3.63, 3.8) is 0 Å². The summed E-state index contributed by atoms with van der Waals surface area (Å²) in [5.74, 6) is 0.0954. The van der Waals surface area contributed by atoms with Crippen LogP contribution in [0.4, 0.5) is 11.8 Å². The van der Waals surface area contributed by atoms with E-state index >= 15 is 0 Å². The molecule has 106 valence electrons. The molecule has 0 bridgehead atoms. The number of benzene rings is 1. The average Bonchev–Trinajstić information content (AvgIpc) is 2.99. The fourth-order valence-corrected chi connectivity index (χ4v) is 2.55. The number of thiophene rings is 1. The van der Waals surface area contributed by atoms with Crippen molar-refractivity contribution < 1.29 is 9.53 Å². The Labute approximate surface area is 124 Å². The Morgan fingerprint density at radius 1 is 1.24 bits per heavy atom. The Kier molecular flexibility index (Phi) is 3.41. The molecular weight excluding hydrogens is 288 g/mol. The third kappa shape index (κ3) is 2.77. The Balaban J connectivity index is 1.80. The van der Waals surface area contributed by atoms with Gasteiger partial charge in [0.15, 0.2) is 0 Å². The molecule has 0 saturated heterocycles. The van der Waals surface area contributed by atoms with Crippen LogP contribution in [0.2, 0.25) is 0 Å². The lowest BCUT2D eigenvalue weighted by Gasteiger charge is -2.07. The number of nitrogens with zero attached hydrogens (tertiary/aromatic N) is 2. The minimum Gasteiger partial charge on any atom is -0.457 e. The number of hydrogen-bond acceptors (Lipinski definition) is 7. The van der Waals surface area contributed by atoms with Crippen LogP contribution in [0.5, 0.6) is 0 Å². The van der Waals surface area contributed by atoms with Crippen molar-refractivity contribution in [3.05, 3.63) is 46.2 Å². The van der Waals surface area contributed by atoms with Gasteiger partial charge in [-0.3, -0.25) is 0 Å². The van der Waals surface area contributed by atoms with E-state index in [9.17, 15) is 4.79 Å². The number of rotatable bonds is 3. The van der Waals surface area contributed by atoms with Crippen molar-refractivity contribution in [2.75, 3.05) is 11.5 Å². The van der Waals surface area contributed by atoms with Crippen molar-refractivity contribution in [2.24, 2.45) is 0 Å². The maximum Gasteiger partial charge on any atom is 0.339 e. The number of carbonyl (C=O) groups is 1. The van der Waals surface area contributed by atoms with E-state index in [4.69, 9.17) is 16.2 Å². The minimum absolute atomic E-state index is 0.136. The summed E-state index contributed by atoms with van der Waals surface area (Å²) >= 11 is 1.45. The molecule has 0 amide bonds. The first kappa shape index (κ1) is 13.3. The van der Waals surface area contributed by atoms with E-state index in [0.29, 0.717) is 22.3 Å². The molecule has 0 spiro atoms. The highest BCUT2D eigenvalue weighted by Gasteiger charge is 2.09. The van der Waals surface area contributed by atoms with Crippen molar-refractivity contribution in [1.29, 1.82) is 0 Å². The van der Waals surface area contributed by atoms with Crippen LogP contribution in [0.15, 0.2) is 35.0 Å². The summed E-state index contributed by atoms with van der Waals surface area (Å²) in [5.41, 5.74) is 13.4. The molecule has 0 aliphatic carbocycles. The van der Waals surface area contributed by atoms with Gasteiger partial charge in [-0.1, -0.05) is 6.07 Å². The van der Waals surface area contributed by atoms with Crippen LogP contribution in [0.1, 0.15) is 15.9 Å². The van der Waals surface area contributed by atoms with Crippen LogP contribution in [0.25, 0.3) is 10.9 Å². The van der Waals surface area contributed by atoms with Crippen LogP contribution in [-0.2, 0) is 11.3 Å². The first-order chi connectivity index (χ1) is 10.1. The molecule has 0 atom stereocenters. The molecule has 0 fully saturated rings. The van der Waals surface area contributed by atoms with Gasteiger partial charge in [-0.15, -0.1) is 0 Å². The van der Waals surface area contributed by atoms with Gasteiger partial charge < -0.3 is 16.2 Å². The monoisotopic (exact) mass is 300 g/mol. The minimum atomic E-state index is -0.349. The first-order valence-corrected chi connectivity index (χ1v) is 7.09. The van der Waals surface area contributed by atoms with Gasteiger partial charge in [0, 0.05) is 10.8 Å². The second-order valence-corrected chi connectivity index (χ2v) is 5.19. The summed E-state index contributed by atoms with van der Waals surface area (Å²) in [6, 6.07) is 7.11. The highest BCUT2D eigenvalue weighted by atomic mass is 32.1. The second-order valence-electron chi connectivity index (χ2n) is 4.41. The molecule has 1 aromatic carbocycles. The standard InChI is InChI=1S/C14H12N4O2S/c15-12-10-5-8(1-2-11(10)17-14(16)18-12)6-20-13(19)9-3-4-21-7-9/h1-5,7H,6H2,(H4,15,16,17,18). The topological polar surface area (TPSA) is 104 Å². The first-order valence-electron chi connectivity index (χ1n) is 6.14. The lowest BCUT2D eigenvalue weighted by Crippen LogP contribution is -2.04. The predicted octanol–water partition coefficient (Wildman–Crippen LogP) is 2.21. The maximum atomic E-state index is 11.8. The molecule has 0 aliphatic heterocycles. The number of aromatic nitrogens is 2. The van der Waals surface area contributed by atoms with E-state index in [1.165, 1.54) is 11.3 Å². The number of carbonyl (C=O) groups excluding carboxylic acids is 1. The van der Waals surface area contributed by atoms with Crippen LogP contribution >= 0.6 is 11.3 Å². The lowest BCUT2D eigenvalue weighted by molar-refractivity contribution is 0.0473. The smallest absolute Gasteiger partial charge is 0.339 e. The van der Waals surface area contributed by atoms with Gasteiger partial charge in [0.2, 0.25) is 5.95 Å². The number of hydrogen-bond donors (Lipinski definition) is 2. The third-order valence-corrected chi connectivity index (χ3v) is 3.62.